The number of rotatable bonds is 7. The Morgan fingerprint density at radius 2 is 1.80 bits per heavy atom. The van der Waals surface area contributed by atoms with Gasteiger partial charge in [0.25, 0.3) is 0 Å². The molecule has 20 heavy (non-hydrogen) atoms. The molecule has 0 bridgehead atoms. The van der Waals surface area contributed by atoms with E-state index in [1.54, 1.807) is 0 Å². The second kappa shape index (κ2) is 7.31. The van der Waals surface area contributed by atoms with Crippen LogP contribution < -0.4 is 0 Å². The smallest absolute Gasteiger partial charge is 0.417 e. The van der Waals surface area contributed by atoms with Gasteiger partial charge in [-0.3, -0.25) is 0 Å². The van der Waals surface area contributed by atoms with Crippen LogP contribution in [0.1, 0.15) is 60.5 Å². The van der Waals surface area contributed by atoms with Gasteiger partial charge in [-0.25, -0.2) is 4.79 Å². The van der Waals surface area contributed by atoms with Gasteiger partial charge in [0.1, 0.15) is 0 Å². The molecule has 1 rings (SSSR count). The SMILES string of the molecule is CCCCCCCc1ccc(C(=O)O)c(C(F)(F)F)c1. The molecule has 1 aromatic carbocycles. The van der Waals surface area contributed by atoms with E-state index >= 15 is 0 Å². The Kier molecular flexibility index (Phi) is 6.05. The number of carboxylic acid groups (broad SMARTS) is 1. The van der Waals surface area contributed by atoms with Crippen molar-refractivity contribution in [2.75, 3.05) is 0 Å². The fourth-order valence-electron chi connectivity index (χ4n) is 2.10. The standard InChI is InChI=1S/C15H19F3O2/c1-2-3-4-5-6-7-11-8-9-12(14(19)20)13(10-11)15(16,17)18/h8-10H,2-7H2,1H3,(H,19,20). The third kappa shape index (κ3) is 4.87. The maximum Gasteiger partial charge on any atom is 0.417 e. The molecule has 0 saturated heterocycles. The summed E-state index contributed by atoms with van der Waals surface area (Å²) in [6, 6.07) is 3.48. The summed E-state index contributed by atoms with van der Waals surface area (Å²) >= 11 is 0. The lowest BCUT2D eigenvalue weighted by atomic mass is 9.99. The molecule has 0 aliphatic heterocycles. The summed E-state index contributed by atoms with van der Waals surface area (Å²) in [5.41, 5.74) is -1.21. The van der Waals surface area contributed by atoms with Gasteiger partial charge in [0, 0.05) is 0 Å². The van der Waals surface area contributed by atoms with E-state index in [0.29, 0.717) is 12.0 Å². The molecule has 0 aliphatic carbocycles. The molecule has 0 spiro atoms. The zero-order chi connectivity index (χ0) is 15.2. The van der Waals surface area contributed by atoms with Gasteiger partial charge in [0.05, 0.1) is 11.1 Å². The summed E-state index contributed by atoms with van der Waals surface area (Å²) in [4.78, 5) is 10.8. The number of alkyl halides is 3. The molecule has 112 valence electrons. The summed E-state index contributed by atoms with van der Waals surface area (Å²) in [7, 11) is 0. The Balaban J connectivity index is 2.77. The van der Waals surface area contributed by atoms with Gasteiger partial charge in [0.2, 0.25) is 0 Å². The molecule has 0 atom stereocenters. The van der Waals surface area contributed by atoms with Gasteiger partial charge in [-0.1, -0.05) is 38.7 Å². The minimum absolute atomic E-state index is 0.541. The van der Waals surface area contributed by atoms with Gasteiger partial charge in [-0.05, 0) is 30.5 Å². The van der Waals surface area contributed by atoms with Crippen LogP contribution in [0.2, 0.25) is 0 Å². The maximum absolute atomic E-state index is 12.8. The Morgan fingerprint density at radius 3 is 2.35 bits per heavy atom. The van der Waals surface area contributed by atoms with E-state index in [1.165, 1.54) is 6.07 Å². The van der Waals surface area contributed by atoms with E-state index in [1.807, 2.05) is 0 Å². The molecule has 0 heterocycles. The number of aryl methyl sites for hydroxylation is 1. The van der Waals surface area contributed by atoms with E-state index in [2.05, 4.69) is 6.92 Å². The molecule has 0 radical (unpaired) electrons. The van der Waals surface area contributed by atoms with Crippen LogP contribution in [0.25, 0.3) is 0 Å². The van der Waals surface area contributed by atoms with Crippen molar-refractivity contribution < 1.29 is 23.1 Å². The van der Waals surface area contributed by atoms with Crippen LogP contribution in [0.5, 0.6) is 0 Å². The van der Waals surface area contributed by atoms with Crippen molar-refractivity contribution in [1.29, 1.82) is 0 Å². The third-order valence-corrected chi connectivity index (χ3v) is 3.19. The van der Waals surface area contributed by atoms with Crippen LogP contribution in [0.3, 0.4) is 0 Å². The summed E-state index contributed by atoms with van der Waals surface area (Å²) < 4.78 is 38.4. The summed E-state index contributed by atoms with van der Waals surface area (Å²) in [5, 5.41) is 8.79. The molecule has 5 heteroatoms. The molecule has 0 fully saturated rings. The first-order chi connectivity index (χ1) is 9.36. The molecule has 1 aromatic rings. The predicted molar refractivity (Wildman–Crippen MR) is 70.9 cm³/mol. The van der Waals surface area contributed by atoms with E-state index < -0.39 is 23.3 Å². The minimum Gasteiger partial charge on any atom is -0.478 e. The molecule has 2 nitrogen and oxygen atoms in total. The maximum atomic E-state index is 12.8. The summed E-state index contributed by atoms with van der Waals surface area (Å²) in [6.07, 6.45) is 1.05. The zero-order valence-electron chi connectivity index (χ0n) is 11.5. The number of hydrogen-bond donors (Lipinski definition) is 1. The Bertz CT molecular complexity index is 453. The molecular weight excluding hydrogens is 269 g/mol. The van der Waals surface area contributed by atoms with E-state index in [9.17, 15) is 18.0 Å². The van der Waals surface area contributed by atoms with Crippen molar-refractivity contribution in [2.45, 2.75) is 51.6 Å². The number of hydrogen-bond acceptors (Lipinski definition) is 1. The second-order valence-electron chi connectivity index (χ2n) is 4.85. The van der Waals surface area contributed by atoms with Crippen LogP contribution in [-0.2, 0) is 12.6 Å². The zero-order valence-corrected chi connectivity index (χ0v) is 11.5. The van der Waals surface area contributed by atoms with Crippen molar-refractivity contribution in [1.82, 2.24) is 0 Å². The molecule has 0 saturated carbocycles. The van der Waals surface area contributed by atoms with Crippen molar-refractivity contribution >= 4 is 5.97 Å². The molecule has 0 aromatic heterocycles. The highest BCUT2D eigenvalue weighted by atomic mass is 19.4. The highest BCUT2D eigenvalue weighted by Gasteiger charge is 2.35. The van der Waals surface area contributed by atoms with E-state index in [0.717, 1.165) is 44.2 Å². The molecular formula is C15H19F3O2. The van der Waals surface area contributed by atoms with Crippen LogP contribution in [-0.4, -0.2) is 11.1 Å². The van der Waals surface area contributed by atoms with E-state index in [-0.39, 0.29) is 0 Å². The van der Waals surface area contributed by atoms with Crippen molar-refractivity contribution in [2.24, 2.45) is 0 Å². The molecule has 1 N–H and O–H groups in total. The van der Waals surface area contributed by atoms with Gasteiger partial charge >= 0.3 is 12.1 Å². The normalized spacial score (nSPS) is 11.6. The first kappa shape index (κ1) is 16.5. The number of aromatic carboxylic acids is 1. The lowest BCUT2D eigenvalue weighted by Crippen LogP contribution is -2.13. The first-order valence-corrected chi connectivity index (χ1v) is 6.79. The quantitative estimate of drug-likeness (QED) is 0.723. The lowest BCUT2D eigenvalue weighted by Gasteiger charge is -2.12. The van der Waals surface area contributed by atoms with Crippen molar-refractivity contribution in [3.63, 3.8) is 0 Å². The monoisotopic (exact) mass is 288 g/mol. The minimum atomic E-state index is -4.63. The second-order valence-corrected chi connectivity index (χ2v) is 4.85. The van der Waals surface area contributed by atoms with Crippen molar-refractivity contribution in [3.8, 4) is 0 Å². The Hall–Kier alpha value is -1.52. The fraction of sp³-hybridized carbons (Fsp3) is 0.533. The van der Waals surface area contributed by atoms with Gasteiger partial charge < -0.3 is 5.11 Å². The topological polar surface area (TPSA) is 37.3 Å². The summed E-state index contributed by atoms with van der Waals surface area (Å²) in [5.74, 6) is -1.55. The molecule has 0 amide bonds. The van der Waals surface area contributed by atoms with Crippen LogP contribution in [0.4, 0.5) is 13.2 Å². The largest absolute Gasteiger partial charge is 0.478 e. The average Bonchev–Trinajstić information content (AvgIpc) is 2.37. The average molecular weight is 288 g/mol. The fourth-order valence-corrected chi connectivity index (χ4v) is 2.10. The predicted octanol–water partition coefficient (Wildman–Crippen LogP) is 4.92. The number of halogens is 3. The number of carboxylic acids is 1. The number of benzene rings is 1. The number of carbonyl (C=O) groups is 1. The van der Waals surface area contributed by atoms with Crippen molar-refractivity contribution in [3.05, 3.63) is 34.9 Å². The Labute approximate surface area is 116 Å². The summed E-state index contributed by atoms with van der Waals surface area (Å²) in [6.45, 7) is 2.10. The van der Waals surface area contributed by atoms with Gasteiger partial charge in [-0.2, -0.15) is 13.2 Å². The molecule has 0 unspecified atom stereocenters. The molecule has 0 aliphatic rings. The third-order valence-electron chi connectivity index (χ3n) is 3.19. The van der Waals surface area contributed by atoms with E-state index in [4.69, 9.17) is 5.11 Å². The highest BCUT2D eigenvalue weighted by molar-refractivity contribution is 5.89. The Morgan fingerprint density at radius 1 is 1.15 bits per heavy atom. The lowest BCUT2D eigenvalue weighted by molar-refractivity contribution is -0.138. The van der Waals surface area contributed by atoms with Crippen LogP contribution in [0, 0.1) is 0 Å². The number of unbranched alkanes of at least 4 members (excludes halogenated alkanes) is 4. The highest BCUT2D eigenvalue weighted by Crippen LogP contribution is 2.33. The van der Waals surface area contributed by atoms with Crippen LogP contribution in [0.15, 0.2) is 18.2 Å². The van der Waals surface area contributed by atoms with Crippen LogP contribution >= 0.6 is 0 Å². The first-order valence-electron chi connectivity index (χ1n) is 6.79. The van der Waals surface area contributed by atoms with Gasteiger partial charge in [-0.15, -0.1) is 0 Å². The van der Waals surface area contributed by atoms with Gasteiger partial charge in [0.15, 0.2) is 0 Å².